The largest absolute Gasteiger partial charge is 0.493 e. The first-order valence-corrected chi connectivity index (χ1v) is 6.92. The Morgan fingerprint density at radius 2 is 2.15 bits per heavy atom. The molecule has 1 unspecified atom stereocenters. The molecular formula is C15H21NO4. The van der Waals surface area contributed by atoms with Gasteiger partial charge in [0, 0.05) is 12.0 Å². The first-order chi connectivity index (χ1) is 9.61. The average molecular weight is 279 g/mol. The Hall–Kier alpha value is -1.75. The number of hydrogen-bond donors (Lipinski definition) is 2. The number of nitrogens with two attached hydrogens (primary N) is 1. The zero-order valence-corrected chi connectivity index (χ0v) is 11.7. The lowest BCUT2D eigenvalue weighted by Gasteiger charge is -2.20. The van der Waals surface area contributed by atoms with E-state index in [1.54, 1.807) is 7.11 Å². The van der Waals surface area contributed by atoms with Crippen molar-refractivity contribution in [3.63, 3.8) is 0 Å². The third kappa shape index (κ3) is 3.42. The van der Waals surface area contributed by atoms with E-state index in [2.05, 4.69) is 0 Å². The third-order valence-corrected chi connectivity index (χ3v) is 3.62. The Balaban J connectivity index is 2.22. The van der Waals surface area contributed by atoms with Gasteiger partial charge in [-0.25, -0.2) is 0 Å². The molecule has 1 aliphatic rings. The number of hydrogen-bond acceptors (Lipinski definition) is 4. The van der Waals surface area contributed by atoms with Gasteiger partial charge in [-0.15, -0.1) is 0 Å². The molecule has 110 valence electrons. The Kier molecular flexibility index (Phi) is 4.84. The van der Waals surface area contributed by atoms with E-state index in [0.29, 0.717) is 11.5 Å². The highest BCUT2D eigenvalue weighted by Crippen LogP contribution is 2.35. The number of rotatable bonds is 6. The highest BCUT2D eigenvalue weighted by Gasteiger charge is 2.22. The van der Waals surface area contributed by atoms with Crippen LogP contribution in [0.5, 0.6) is 11.5 Å². The second kappa shape index (κ2) is 6.61. The molecule has 0 bridgehead atoms. The van der Waals surface area contributed by atoms with E-state index in [0.717, 1.165) is 18.4 Å². The fourth-order valence-corrected chi connectivity index (χ4v) is 2.51. The van der Waals surface area contributed by atoms with Crippen LogP contribution in [-0.2, 0) is 11.2 Å². The van der Waals surface area contributed by atoms with E-state index < -0.39 is 12.0 Å². The van der Waals surface area contributed by atoms with Gasteiger partial charge >= 0.3 is 5.97 Å². The van der Waals surface area contributed by atoms with Gasteiger partial charge in [-0.2, -0.15) is 0 Å². The summed E-state index contributed by atoms with van der Waals surface area (Å²) >= 11 is 0. The summed E-state index contributed by atoms with van der Waals surface area (Å²) in [6.45, 7) is 0. The summed E-state index contributed by atoms with van der Waals surface area (Å²) in [5, 5.41) is 8.95. The smallest absolute Gasteiger partial charge is 0.320 e. The molecule has 1 aliphatic carbocycles. The van der Waals surface area contributed by atoms with Crippen LogP contribution in [0.15, 0.2) is 18.2 Å². The predicted molar refractivity (Wildman–Crippen MR) is 75.2 cm³/mol. The maximum Gasteiger partial charge on any atom is 0.320 e. The van der Waals surface area contributed by atoms with Crippen LogP contribution in [0, 0.1) is 0 Å². The monoisotopic (exact) mass is 279 g/mol. The highest BCUT2D eigenvalue weighted by atomic mass is 16.5. The summed E-state index contributed by atoms with van der Waals surface area (Å²) in [6.07, 6.45) is 4.82. The van der Waals surface area contributed by atoms with Crippen molar-refractivity contribution < 1.29 is 19.4 Å². The Labute approximate surface area is 118 Å². The minimum Gasteiger partial charge on any atom is -0.493 e. The minimum atomic E-state index is -1.01. The normalized spacial score (nSPS) is 16.9. The quantitative estimate of drug-likeness (QED) is 0.832. The molecule has 0 aliphatic heterocycles. The lowest BCUT2D eigenvalue weighted by atomic mass is 10.0. The second-order valence-electron chi connectivity index (χ2n) is 5.12. The molecule has 0 spiro atoms. The molecule has 1 saturated carbocycles. The molecule has 0 saturated heterocycles. The molecule has 1 fully saturated rings. The van der Waals surface area contributed by atoms with Gasteiger partial charge < -0.3 is 20.3 Å². The zero-order chi connectivity index (χ0) is 14.5. The van der Waals surface area contributed by atoms with Crippen molar-refractivity contribution in [2.75, 3.05) is 7.11 Å². The maximum absolute atomic E-state index is 10.9. The van der Waals surface area contributed by atoms with Gasteiger partial charge in [0.15, 0.2) is 11.5 Å². The number of carboxylic acids is 1. The molecule has 2 rings (SSSR count). The van der Waals surface area contributed by atoms with Crippen LogP contribution in [0.4, 0.5) is 0 Å². The number of carbonyl (C=O) groups is 1. The fourth-order valence-electron chi connectivity index (χ4n) is 2.51. The van der Waals surface area contributed by atoms with Gasteiger partial charge in [-0.05, 0) is 31.7 Å². The van der Waals surface area contributed by atoms with E-state index in [-0.39, 0.29) is 12.5 Å². The van der Waals surface area contributed by atoms with Gasteiger partial charge in [-0.1, -0.05) is 12.1 Å². The molecule has 1 aromatic rings. The number of methoxy groups -OCH3 is 1. The SMILES string of the molecule is COc1cccc(CC(N)C(=O)O)c1OC1CCCC1. The fraction of sp³-hybridized carbons (Fsp3) is 0.533. The predicted octanol–water partition coefficient (Wildman–Crippen LogP) is 1.97. The molecule has 0 heterocycles. The summed E-state index contributed by atoms with van der Waals surface area (Å²) in [7, 11) is 1.58. The summed E-state index contributed by atoms with van der Waals surface area (Å²) in [6, 6.07) is 4.55. The van der Waals surface area contributed by atoms with Crippen molar-refractivity contribution in [2.24, 2.45) is 5.73 Å². The summed E-state index contributed by atoms with van der Waals surface area (Å²) in [5.41, 5.74) is 6.40. The molecule has 20 heavy (non-hydrogen) atoms. The first kappa shape index (κ1) is 14.7. The number of aliphatic carboxylic acids is 1. The molecule has 3 N–H and O–H groups in total. The molecule has 0 radical (unpaired) electrons. The Bertz CT molecular complexity index is 469. The summed E-state index contributed by atoms with van der Waals surface area (Å²) in [4.78, 5) is 10.9. The van der Waals surface area contributed by atoms with Crippen molar-refractivity contribution in [2.45, 2.75) is 44.2 Å². The molecule has 5 heteroatoms. The number of ether oxygens (including phenoxy) is 2. The molecular weight excluding hydrogens is 258 g/mol. The third-order valence-electron chi connectivity index (χ3n) is 3.62. The van der Waals surface area contributed by atoms with Crippen molar-refractivity contribution >= 4 is 5.97 Å². The zero-order valence-electron chi connectivity index (χ0n) is 11.7. The topological polar surface area (TPSA) is 81.8 Å². The van der Waals surface area contributed by atoms with Crippen LogP contribution in [0.1, 0.15) is 31.2 Å². The van der Waals surface area contributed by atoms with E-state index in [1.807, 2.05) is 18.2 Å². The Morgan fingerprint density at radius 3 is 2.75 bits per heavy atom. The van der Waals surface area contributed by atoms with Gasteiger partial charge in [0.1, 0.15) is 6.04 Å². The van der Waals surface area contributed by atoms with Gasteiger partial charge in [-0.3, -0.25) is 4.79 Å². The van der Waals surface area contributed by atoms with Crippen LogP contribution >= 0.6 is 0 Å². The van der Waals surface area contributed by atoms with Crippen LogP contribution in [0.2, 0.25) is 0 Å². The van der Waals surface area contributed by atoms with Gasteiger partial charge in [0.2, 0.25) is 0 Å². The van der Waals surface area contributed by atoms with Gasteiger partial charge in [0.25, 0.3) is 0 Å². The molecule has 0 amide bonds. The highest BCUT2D eigenvalue weighted by molar-refractivity contribution is 5.73. The number of carboxylic acid groups (broad SMARTS) is 1. The van der Waals surface area contributed by atoms with Crippen LogP contribution in [-0.4, -0.2) is 30.3 Å². The lowest BCUT2D eigenvalue weighted by molar-refractivity contribution is -0.138. The minimum absolute atomic E-state index is 0.186. The number of benzene rings is 1. The van der Waals surface area contributed by atoms with Crippen molar-refractivity contribution in [1.29, 1.82) is 0 Å². The summed E-state index contributed by atoms with van der Waals surface area (Å²) < 4.78 is 11.4. The van der Waals surface area contributed by atoms with Crippen molar-refractivity contribution in [3.8, 4) is 11.5 Å². The molecule has 1 aromatic carbocycles. The molecule has 1 atom stereocenters. The van der Waals surface area contributed by atoms with E-state index in [1.165, 1.54) is 12.8 Å². The van der Waals surface area contributed by atoms with Crippen LogP contribution in [0.3, 0.4) is 0 Å². The average Bonchev–Trinajstić information content (AvgIpc) is 2.93. The maximum atomic E-state index is 10.9. The van der Waals surface area contributed by atoms with Crippen LogP contribution < -0.4 is 15.2 Å². The number of para-hydroxylation sites is 1. The second-order valence-corrected chi connectivity index (χ2v) is 5.12. The summed E-state index contributed by atoms with van der Waals surface area (Å²) in [5.74, 6) is 0.255. The van der Waals surface area contributed by atoms with E-state index >= 15 is 0 Å². The van der Waals surface area contributed by atoms with E-state index in [9.17, 15) is 4.79 Å². The van der Waals surface area contributed by atoms with E-state index in [4.69, 9.17) is 20.3 Å². The Morgan fingerprint density at radius 1 is 1.45 bits per heavy atom. The molecule has 0 aromatic heterocycles. The van der Waals surface area contributed by atoms with Crippen molar-refractivity contribution in [3.05, 3.63) is 23.8 Å². The molecule has 5 nitrogen and oxygen atoms in total. The standard InChI is InChI=1S/C15H21NO4/c1-19-13-8-4-5-10(9-12(16)15(17)18)14(13)20-11-6-2-3-7-11/h4-5,8,11-12H,2-3,6-7,9,16H2,1H3,(H,17,18). The lowest BCUT2D eigenvalue weighted by Crippen LogP contribution is -2.32. The van der Waals surface area contributed by atoms with Gasteiger partial charge in [0.05, 0.1) is 13.2 Å². The first-order valence-electron chi connectivity index (χ1n) is 6.92. The van der Waals surface area contributed by atoms with Crippen molar-refractivity contribution in [1.82, 2.24) is 0 Å². The van der Waals surface area contributed by atoms with Crippen LogP contribution in [0.25, 0.3) is 0 Å².